The van der Waals surface area contributed by atoms with Gasteiger partial charge < -0.3 is 15.3 Å². The summed E-state index contributed by atoms with van der Waals surface area (Å²) in [5.74, 6) is 0.244. The second-order valence-corrected chi connectivity index (χ2v) is 5.02. The van der Waals surface area contributed by atoms with Crippen molar-refractivity contribution in [3.63, 3.8) is 0 Å². The number of carbonyl (C=O) groups excluding carboxylic acids is 1. The first-order valence-electron chi connectivity index (χ1n) is 6.98. The van der Waals surface area contributed by atoms with Crippen molar-refractivity contribution in [2.24, 2.45) is 5.92 Å². The van der Waals surface area contributed by atoms with E-state index in [2.05, 4.69) is 5.32 Å². The second-order valence-electron chi connectivity index (χ2n) is 5.02. The molecular weight excluding hydrogens is 240 g/mol. The van der Waals surface area contributed by atoms with E-state index in [1.54, 1.807) is 0 Å². The Morgan fingerprint density at radius 1 is 1.37 bits per heavy atom. The molecule has 0 bridgehead atoms. The molecule has 1 unspecified atom stereocenters. The average molecular weight is 262 g/mol. The average Bonchev–Trinajstić information content (AvgIpc) is 2.48. The molecule has 4 nitrogen and oxygen atoms in total. The summed E-state index contributed by atoms with van der Waals surface area (Å²) >= 11 is 0. The Labute approximate surface area is 114 Å². The van der Waals surface area contributed by atoms with Gasteiger partial charge in [-0.3, -0.25) is 0 Å². The summed E-state index contributed by atoms with van der Waals surface area (Å²) in [6.45, 7) is 4.02. The molecule has 1 aliphatic rings. The van der Waals surface area contributed by atoms with Crippen LogP contribution in [0, 0.1) is 5.92 Å². The summed E-state index contributed by atoms with van der Waals surface area (Å²) in [4.78, 5) is 13.5. The number of hydrogen-bond donors (Lipinski definition) is 2. The van der Waals surface area contributed by atoms with E-state index in [1.807, 2.05) is 42.2 Å². The first kappa shape index (κ1) is 13.9. The van der Waals surface area contributed by atoms with Crippen molar-refractivity contribution in [2.45, 2.75) is 25.9 Å². The fourth-order valence-electron chi connectivity index (χ4n) is 2.60. The van der Waals surface area contributed by atoms with Gasteiger partial charge in [0.25, 0.3) is 0 Å². The van der Waals surface area contributed by atoms with Gasteiger partial charge in [0.15, 0.2) is 0 Å². The highest BCUT2D eigenvalue weighted by Crippen LogP contribution is 2.30. The Kier molecular flexibility index (Phi) is 4.80. The summed E-state index contributed by atoms with van der Waals surface area (Å²) < 4.78 is 0. The van der Waals surface area contributed by atoms with Crippen molar-refractivity contribution in [3.8, 4) is 0 Å². The van der Waals surface area contributed by atoms with Crippen molar-refractivity contribution >= 4 is 6.03 Å². The van der Waals surface area contributed by atoms with Crippen LogP contribution in [-0.2, 0) is 0 Å². The van der Waals surface area contributed by atoms with Crippen LogP contribution in [0.4, 0.5) is 4.79 Å². The summed E-state index contributed by atoms with van der Waals surface area (Å²) in [7, 11) is 0. The minimum absolute atomic E-state index is 0.00940. The molecule has 1 saturated heterocycles. The number of nitrogens with one attached hydrogen (secondary N) is 1. The zero-order valence-corrected chi connectivity index (χ0v) is 11.4. The van der Waals surface area contributed by atoms with Gasteiger partial charge in [-0.25, -0.2) is 4.79 Å². The molecule has 1 aliphatic heterocycles. The van der Waals surface area contributed by atoms with Gasteiger partial charge in [-0.2, -0.15) is 0 Å². The molecule has 2 amide bonds. The lowest BCUT2D eigenvalue weighted by molar-refractivity contribution is 0.0666. The minimum atomic E-state index is -0.419. The molecule has 2 rings (SSSR count). The largest absolute Gasteiger partial charge is 0.388 e. The van der Waals surface area contributed by atoms with Crippen LogP contribution in [0.1, 0.15) is 31.4 Å². The third kappa shape index (κ3) is 3.47. The maximum atomic E-state index is 11.7. The molecule has 1 aromatic carbocycles. The lowest BCUT2D eigenvalue weighted by atomic mass is 9.87. The number of carbonyl (C=O) groups is 1. The van der Waals surface area contributed by atoms with Crippen molar-refractivity contribution in [3.05, 3.63) is 35.9 Å². The molecule has 1 heterocycles. The van der Waals surface area contributed by atoms with Crippen LogP contribution in [0.2, 0.25) is 0 Å². The molecule has 2 N–H and O–H groups in total. The van der Waals surface area contributed by atoms with E-state index < -0.39 is 6.10 Å². The molecule has 104 valence electrons. The molecule has 19 heavy (non-hydrogen) atoms. The number of piperidine rings is 1. The van der Waals surface area contributed by atoms with E-state index >= 15 is 0 Å². The predicted octanol–water partition coefficient (Wildman–Crippen LogP) is 2.16. The zero-order valence-electron chi connectivity index (χ0n) is 11.4. The molecule has 1 aromatic rings. The van der Waals surface area contributed by atoms with Gasteiger partial charge in [0.05, 0.1) is 6.10 Å². The standard InChI is InChI=1S/C15H22N2O2/c1-2-16-15(19)17-10-8-13(9-11-17)14(18)12-6-4-3-5-7-12/h3-7,13-14,18H,2,8-11H2,1H3,(H,16,19). The number of hydrogen-bond acceptors (Lipinski definition) is 2. The fraction of sp³-hybridized carbons (Fsp3) is 0.533. The van der Waals surface area contributed by atoms with Crippen LogP contribution < -0.4 is 5.32 Å². The Balaban J connectivity index is 1.88. The fourth-order valence-corrected chi connectivity index (χ4v) is 2.60. The molecule has 0 saturated carbocycles. The predicted molar refractivity (Wildman–Crippen MR) is 74.8 cm³/mol. The quantitative estimate of drug-likeness (QED) is 0.877. The molecule has 0 spiro atoms. The number of rotatable bonds is 3. The summed E-state index contributed by atoms with van der Waals surface area (Å²) in [6.07, 6.45) is 1.29. The maximum absolute atomic E-state index is 11.7. The Hall–Kier alpha value is -1.55. The lowest BCUT2D eigenvalue weighted by Crippen LogP contribution is -2.45. The van der Waals surface area contributed by atoms with Gasteiger partial charge in [-0.1, -0.05) is 30.3 Å². The van der Waals surface area contributed by atoms with Gasteiger partial charge in [-0.05, 0) is 31.2 Å². The van der Waals surface area contributed by atoms with E-state index in [0.29, 0.717) is 6.54 Å². The first-order chi connectivity index (χ1) is 9.22. The minimum Gasteiger partial charge on any atom is -0.388 e. The topological polar surface area (TPSA) is 52.6 Å². The SMILES string of the molecule is CCNC(=O)N1CCC(C(O)c2ccccc2)CC1. The van der Waals surface area contributed by atoms with Crippen LogP contribution in [-0.4, -0.2) is 35.7 Å². The normalized spacial score (nSPS) is 18.1. The molecule has 1 fully saturated rings. The third-order valence-electron chi connectivity index (χ3n) is 3.74. The van der Waals surface area contributed by atoms with Crippen molar-refractivity contribution < 1.29 is 9.90 Å². The van der Waals surface area contributed by atoms with E-state index in [9.17, 15) is 9.90 Å². The molecule has 4 heteroatoms. The summed E-state index contributed by atoms with van der Waals surface area (Å²) in [5, 5.41) is 13.2. The highest BCUT2D eigenvalue weighted by molar-refractivity contribution is 5.74. The van der Waals surface area contributed by atoms with E-state index in [1.165, 1.54) is 0 Å². The number of amides is 2. The number of benzene rings is 1. The van der Waals surface area contributed by atoms with Crippen molar-refractivity contribution in [1.82, 2.24) is 10.2 Å². The van der Waals surface area contributed by atoms with Crippen LogP contribution in [0.5, 0.6) is 0 Å². The number of aliphatic hydroxyl groups is 1. The van der Waals surface area contributed by atoms with Crippen molar-refractivity contribution in [2.75, 3.05) is 19.6 Å². The number of aliphatic hydroxyl groups excluding tert-OH is 1. The van der Waals surface area contributed by atoms with Crippen LogP contribution >= 0.6 is 0 Å². The molecule has 1 atom stereocenters. The van der Waals surface area contributed by atoms with Crippen LogP contribution in [0.15, 0.2) is 30.3 Å². The zero-order chi connectivity index (χ0) is 13.7. The highest BCUT2D eigenvalue weighted by Gasteiger charge is 2.27. The first-order valence-corrected chi connectivity index (χ1v) is 6.98. The number of nitrogens with zero attached hydrogens (tertiary/aromatic N) is 1. The molecule has 0 aliphatic carbocycles. The van der Waals surface area contributed by atoms with Gasteiger partial charge in [0.1, 0.15) is 0 Å². The van der Waals surface area contributed by atoms with Gasteiger partial charge in [-0.15, -0.1) is 0 Å². The van der Waals surface area contributed by atoms with Gasteiger partial charge >= 0.3 is 6.03 Å². The molecule has 0 radical (unpaired) electrons. The number of urea groups is 1. The Bertz CT molecular complexity index is 400. The van der Waals surface area contributed by atoms with Gasteiger partial charge in [0, 0.05) is 19.6 Å². The summed E-state index contributed by atoms with van der Waals surface area (Å²) in [5.41, 5.74) is 0.971. The molecule has 0 aromatic heterocycles. The summed E-state index contributed by atoms with van der Waals surface area (Å²) in [6, 6.07) is 9.77. The second kappa shape index (κ2) is 6.57. The third-order valence-corrected chi connectivity index (χ3v) is 3.74. The van der Waals surface area contributed by atoms with E-state index in [4.69, 9.17) is 0 Å². The monoisotopic (exact) mass is 262 g/mol. The van der Waals surface area contributed by atoms with Crippen molar-refractivity contribution in [1.29, 1.82) is 0 Å². The smallest absolute Gasteiger partial charge is 0.317 e. The molecular formula is C15H22N2O2. The number of likely N-dealkylation sites (tertiary alicyclic amines) is 1. The Morgan fingerprint density at radius 2 is 2.00 bits per heavy atom. The maximum Gasteiger partial charge on any atom is 0.317 e. The highest BCUT2D eigenvalue weighted by atomic mass is 16.3. The van der Waals surface area contributed by atoms with Crippen LogP contribution in [0.25, 0.3) is 0 Å². The lowest BCUT2D eigenvalue weighted by Gasteiger charge is -2.34. The van der Waals surface area contributed by atoms with Crippen LogP contribution in [0.3, 0.4) is 0 Å². The van der Waals surface area contributed by atoms with Gasteiger partial charge in [0.2, 0.25) is 0 Å². The Morgan fingerprint density at radius 3 is 2.58 bits per heavy atom. The van der Waals surface area contributed by atoms with E-state index in [-0.39, 0.29) is 11.9 Å². The van der Waals surface area contributed by atoms with E-state index in [0.717, 1.165) is 31.5 Å².